The maximum atomic E-state index is 12.4. The molecule has 0 spiro atoms. The van der Waals surface area contributed by atoms with Crippen molar-refractivity contribution in [1.82, 2.24) is 4.90 Å². The highest BCUT2D eigenvalue weighted by Gasteiger charge is 2.29. The van der Waals surface area contributed by atoms with Gasteiger partial charge in [0.05, 0.1) is 31.1 Å². The summed E-state index contributed by atoms with van der Waals surface area (Å²) < 4.78 is 5.54. The van der Waals surface area contributed by atoms with Gasteiger partial charge in [0.25, 0.3) is 0 Å². The maximum Gasteiger partial charge on any atom is 0.227 e. The van der Waals surface area contributed by atoms with Gasteiger partial charge in [-0.1, -0.05) is 29.8 Å². The van der Waals surface area contributed by atoms with E-state index in [9.17, 15) is 4.79 Å². The van der Waals surface area contributed by atoms with Gasteiger partial charge < -0.3 is 9.64 Å². The van der Waals surface area contributed by atoms with Crippen LogP contribution < -0.4 is 0 Å². The SMILES string of the molecule is CC1COC(CCl)CN1C(=O)Cc1ccccc1Cl. The summed E-state index contributed by atoms with van der Waals surface area (Å²) in [5.74, 6) is 0.474. The minimum Gasteiger partial charge on any atom is -0.373 e. The normalized spacial score (nSPS) is 23.4. The molecule has 104 valence electrons. The van der Waals surface area contributed by atoms with Crippen LogP contribution in [0.4, 0.5) is 0 Å². The smallest absolute Gasteiger partial charge is 0.227 e. The highest BCUT2D eigenvalue weighted by atomic mass is 35.5. The fourth-order valence-corrected chi connectivity index (χ4v) is 2.55. The summed E-state index contributed by atoms with van der Waals surface area (Å²) in [7, 11) is 0. The number of ether oxygens (including phenoxy) is 1. The molecule has 2 atom stereocenters. The molecule has 0 aliphatic carbocycles. The van der Waals surface area contributed by atoms with Crippen molar-refractivity contribution in [2.45, 2.75) is 25.5 Å². The topological polar surface area (TPSA) is 29.5 Å². The van der Waals surface area contributed by atoms with Gasteiger partial charge in [0, 0.05) is 11.6 Å². The van der Waals surface area contributed by atoms with E-state index in [0.29, 0.717) is 30.5 Å². The lowest BCUT2D eigenvalue weighted by Gasteiger charge is -2.37. The van der Waals surface area contributed by atoms with Gasteiger partial charge in [0.1, 0.15) is 0 Å². The Hall–Kier alpha value is -0.770. The monoisotopic (exact) mass is 301 g/mol. The molecular weight excluding hydrogens is 285 g/mol. The summed E-state index contributed by atoms with van der Waals surface area (Å²) >= 11 is 11.9. The molecule has 3 nitrogen and oxygen atoms in total. The van der Waals surface area contributed by atoms with E-state index in [1.807, 2.05) is 30.0 Å². The zero-order chi connectivity index (χ0) is 13.8. The van der Waals surface area contributed by atoms with Gasteiger partial charge in [-0.05, 0) is 18.6 Å². The van der Waals surface area contributed by atoms with E-state index in [0.717, 1.165) is 5.56 Å². The first-order chi connectivity index (χ1) is 9.11. The Balaban J connectivity index is 2.04. The van der Waals surface area contributed by atoms with Crippen molar-refractivity contribution in [3.05, 3.63) is 34.9 Å². The Labute approximate surface area is 123 Å². The molecule has 0 radical (unpaired) electrons. The average molecular weight is 302 g/mol. The van der Waals surface area contributed by atoms with Crippen LogP contribution in [0.2, 0.25) is 5.02 Å². The zero-order valence-electron chi connectivity index (χ0n) is 10.8. The molecule has 1 aliphatic rings. The number of benzene rings is 1. The minimum absolute atomic E-state index is 0.0685. The fourth-order valence-electron chi connectivity index (χ4n) is 2.16. The molecule has 1 aliphatic heterocycles. The van der Waals surface area contributed by atoms with Gasteiger partial charge in [-0.25, -0.2) is 0 Å². The van der Waals surface area contributed by atoms with Crippen LogP contribution in [-0.2, 0) is 16.0 Å². The number of nitrogens with zero attached hydrogens (tertiary/aromatic N) is 1. The predicted molar refractivity (Wildman–Crippen MR) is 76.8 cm³/mol. The summed E-state index contributed by atoms with van der Waals surface area (Å²) in [5, 5.41) is 0.630. The van der Waals surface area contributed by atoms with Crippen LogP contribution in [0.25, 0.3) is 0 Å². The van der Waals surface area contributed by atoms with Gasteiger partial charge in [-0.3, -0.25) is 4.79 Å². The third-order valence-electron chi connectivity index (χ3n) is 3.30. The van der Waals surface area contributed by atoms with E-state index in [1.54, 1.807) is 6.07 Å². The highest BCUT2D eigenvalue weighted by molar-refractivity contribution is 6.31. The molecule has 1 saturated heterocycles. The fraction of sp³-hybridized carbons (Fsp3) is 0.500. The first kappa shape index (κ1) is 14.6. The van der Waals surface area contributed by atoms with Crippen LogP contribution in [0.5, 0.6) is 0 Å². The second kappa shape index (κ2) is 6.60. The molecular formula is C14H17Cl2NO2. The van der Waals surface area contributed by atoms with E-state index < -0.39 is 0 Å². The molecule has 0 saturated carbocycles. The van der Waals surface area contributed by atoms with E-state index >= 15 is 0 Å². The maximum absolute atomic E-state index is 12.4. The number of carbonyl (C=O) groups is 1. The number of amides is 1. The molecule has 1 fully saturated rings. The van der Waals surface area contributed by atoms with Crippen molar-refractivity contribution >= 4 is 29.1 Å². The number of alkyl halides is 1. The lowest BCUT2D eigenvalue weighted by Crippen LogP contribution is -2.52. The lowest BCUT2D eigenvalue weighted by atomic mass is 10.1. The van der Waals surface area contributed by atoms with Crippen molar-refractivity contribution < 1.29 is 9.53 Å². The molecule has 1 aromatic carbocycles. The molecule has 1 heterocycles. The van der Waals surface area contributed by atoms with Crippen molar-refractivity contribution in [3.8, 4) is 0 Å². The van der Waals surface area contributed by atoms with E-state index in [1.165, 1.54) is 0 Å². The molecule has 0 N–H and O–H groups in total. The second-order valence-electron chi connectivity index (χ2n) is 4.77. The van der Waals surface area contributed by atoms with Crippen LogP contribution >= 0.6 is 23.2 Å². The van der Waals surface area contributed by atoms with Crippen LogP contribution in [0, 0.1) is 0 Å². The summed E-state index contributed by atoms with van der Waals surface area (Å²) in [6, 6.07) is 7.50. The molecule has 1 aromatic rings. The van der Waals surface area contributed by atoms with Crippen LogP contribution in [-0.4, -0.2) is 42.0 Å². The van der Waals surface area contributed by atoms with Crippen LogP contribution in [0.1, 0.15) is 12.5 Å². The highest BCUT2D eigenvalue weighted by Crippen LogP contribution is 2.19. The first-order valence-corrected chi connectivity index (χ1v) is 7.23. The number of hydrogen-bond acceptors (Lipinski definition) is 2. The number of hydrogen-bond donors (Lipinski definition) is 0. The van der Waals surface area contributed by atoms with Crippen molar-refractivity contribution in [2.24, 2.45) is 0 Å². The van der Waals surface area contributed by atoms with Gasteiger partial charge in [-0.15, -0.1) is 11.6 Å². The summed E-state index contributed by atoms with van der Waals surface area (Å²) in [5.41, 5.74) is 0.857. The third-order valence-corrected chi connectivity index (χ3v) is 4.01. The number of carbonyl (C=O) groups excluding carboxylic acids is 1. The van der Waals surface area contributed by atoms with E-state index in [2.05, 4.69) is 0 Å². The van der Waals surface area contributed by atoms with E-state index in [-0.39, 0.29) is 18.1 Å². The van der Waals surface area contributed by atoms with Gasteiger partial charge in [-0.2, -0.15) is 0 Å². The van der Waals surface area contributed by atoms with Crippen LogP contribution in [0.15, 0.2) is 24.3 Å². The minimum atomic E-state index is -0.0759. The Bertz CT molecular complexity index is 453. The lowest BCUT2D eigenvalue weighted by molar-refractivity contribution is -0.142. The third kappa shape index (κ3) is 3.62. The predicted octanol–water partition coefficient (Wildman–Crippen LogP) is 2.74. The molecule has 0 bridgehead atoms. The molecule has 19 heavy (non-hydrogen) atoms. The van der Waals surface area contributed by atoms with Crippen molar-refractivity contribution in [1.29, 1.82) is 0 Å². The van der Waals surface area contributed by atoms with Gasteiger partial charge in [0.15, 0.2) is 0 Å². The molecule has 1 amide bonds. The number of halogens is 2. The Morgan fingerprint density at radius 2 is 2.21 bits per heavy atom. The first-order valence-electron chi connectivity index (χ1n) is 6.32. The summed E-state index contributed by atoms with van der Waals surface area (Å²) in [6.07, 6.45) is 0.243. The van der Waals surface area contributed by atoms with Crippen molar-refractivity contribution in [3.63, 3.8) is 0 Å². The second-order valence-corrected chi connectivity index (χ2v) is 5.49. The van der Waals surface area contributed by atoms with Gasteiger partial charge in [0.2, 0.25) is 5.91 Å². The Morgan fingerprint density at radius 3 is 2.89 bits per heavy atom. The van der Waals surface area contributed by atoms with Crippen molar-refractivity contribution in [2.75, 3.05) is 19.0 Å². The zero-order valence-corrected chi connectivity index (χ0v) is 12.3. The molecule has 2 unspecified atom stereocenters. The number of morpholine rings is 1. The quantitative estimate of drug-likeness (QED) is 0.804. The van der Waals surface area contributed by atoms with Gasteiger partial charge >= 0.3 is 0 Å². The average Bonchev–Trinajstić information content (AvgIpc) is 2.42. The summed E-state index contributed by atoms with van der Waals surface area (Å²) in [6.45, 7) is 3.06. The molecule has 5 heteroatoms. The standard InChI is InChI=1S/C14H17Cl2NO2/c1-10-9-19-12(7-15)8-17(10)14(18)6-11-4-2-3-5-13(11)16/h2-5,10,12H,6-9H2,1H3. The van der Waals surface area contributed by atoms with Crippen LogP contribution in [0.3, 0.4) is 0 Å². The Kier molecular flexibility index (Phi) is 5.08. The molecule has 2 rings (SSSR count). The largest absolute Gasteiger partial charge is 0.373 e. The van der Waals surface area contributed by atoms with E-state index in [4.69, 9.17) is 27.9 Å². The molecule has 0 aromatic heterocycles. The number of rotatable bonds is 3. The summed E-state index contributed by atoms with van der Waals surface area (Å²) in [4.78, 5) is 14.2. The Morgan fingerprint density at radius 1 is 1.47 bits per heavy atom.